The Morgan fingerprint density at radius 2 is 1.60 bits per heavy atom. The molecule has 0 saturated heterocycles. The van der Waals surface area contributed by atoms with Crippen LogP contribution >= 0.6 is 23.2 Å². The topological polar surface area (TPSA) is 70.6 Å². The predicted molar refractivity (Wildman–Crippen MR) is 117 cm³/mol. The van der Waals surface area contributed by atoms with Gasteiger partial charge < -0.3 is 5.32 Å². The van der Waals surface area contributed by atoms with Gasteiger partial charge in [-0.15, -0.1) is 0 Å². The van der Waals surface area contributed by atoms with E-state index < -0.39 is 17.6 Å². The molecular weight excluding hydrogens is 428 g/mol. The molecule has 0 fully saturated rings. The van der Waals surface area contributed by atoms with E-state index in [2.05, 4.69) is 15.8 Å². The number of halogens is 3. The number of benzene rings is 3. The average Bonchev–Trinajstić information content (AvgIpc) is 2.74. The SMILES string of the molecule is CC(=NNC(=O)c1cc(Cl)ccc1Cl)c1ccc(NC(=O)c2ccccc2F)cc1. The second-order valence-electron chi connectivity index (χ2n) is 6.27. The first-order valence-electron chi connectivity index (χ1n) is 8.81. The van der Waals surface area contributed by atoms with Crippen molar-refractivity contribution in [1.82, 2.24) is 5.43 Å². The van der Waals surface area contributed by atoms with E-state index in [4.69, 9.17) is 23.2 Å². The van der Waals surface area contributed by atoms with Crippen LogP contribution < -0.4 is 10.7 Å². The third-order valence-corrected chi connectivity index (χ3v) is 4.74. The van der Waals surface area contributed by atoms with Gasteiger partial charge in [0.05, 0.1) is 21.9 Å². The standard InChI is InChI=1S/C22H16Cl2FN3O2/c1-13(27-28-22(30)18-12-15(23)8-11-19(18)24)14-6-9-16(10-7-14)26-21(29)17-4-2-3-5-20(17)25/h2-12H,1H3,(H,26,29)(H,28,30). The van der Waals surface area contributed by atoms with Crippen molar-refractivity contribution in [3.8, 4) is 0 Å². The lowest BCUT2D eigenvalue weighted by Crippen LogP contribution is -2.19. The van der Waals surface area contributed by atoms with Crippen LogP contribution in [0.25, 0.3) is 0 Å². The third kappa shape index (κ3) is 5.23. The summed E-state index contributed by atoms with van der Waals surface area (Å²) in [5, 5.41) is 7.35. The van der Waals surface area contributed by atoms with Gasteiger partial charge in [-0.05, 0) is 55.0 Å². The summed E-state index contributed by atoms with van der Waals surface area (Å²) in [4.78, 5) is 24.4. The van der Waals surface area contributed by atoms with Crippen molar-refractivity contribution in [3.05, 3.63) is 99.3 Å². The van der Waals surface area contributed by atoms with Crippen LogP contribution in [0, 0.1) is 5.82 Å². The zero-order chi connectivity index (χ0) is 21.7. The summed E-state index contributed by atoms with van der Waals surface area (Å²) < 4.78 is 13.7. The molecule has 0 bridgehead atoms. The molecule has 5 nitrogen and oxygen atoms in total. The number of hydrazone groups is 1. The number of carbonyl (C=O) groups is 2. The minimum atomic E-state index is -0.592. The summed E-state index contributed by atoms with van der Waals surface area (Å²) in [6.45, 7) is 1.72. The van der Waals surface area contributed by atoms with Crippen molar-refractivity contribution in [3.63, 3.8) is 0 Å². The van der Waals surface area contributed by atoms with E-state index in [1.165, 1.54) is 30.3 Å². The van der Waals surface area contributed by atoms with Gasteiger partial charge in [0.2, 0.25) is 0 Å². The third-order valence-electron chi connectivity index (χ3n) is 4.18. The number of anilines is 1. The molecule has 152 valence electrons. The lowest BCUT2D eigenvalue weighted by atomic mass is 10.1. The van der Waals surface area contributed by atoms with Crippen molar-refractivity contribution >= 4 is 46.4 Å². The Morgan fingerprint density at radius 3 is 2.30 bits per heavy atom. The maximum atomic E-state index is 13.7. The normalized spacial score (nSPS) is 11.1. The van der Waals surface area contributed by atoms with E-state index in [1.807, 2.05) is 0 Å². The Morgan fingerprint density at radius 1 is 0.900 bits per heavy atom. The summed E-state index contributed by atoms with van der Waals surface area (Å²) in [7, 11) is 0. The Hall–Kier alpha value is -3.22. The van der Waals surface area contributed by atoms with Crippen LogP contribution in [0.3, 0.4) is 0 Å². The van der Waals surface area contributed by atoms with Crippen LogP contribution in [0.5, 0.6) is 0 Å². The quantitative estimate of drug-likeness (QED) is 0.401. The number of rotatable bonds is 5. The van der Waals surface area contributed by atoms with Gasteiger partial charge >= 0.3 is 0 Å². The Labute approximate surface area is 182 Å². The molecular formula is C22H16Cl2FN3O2. The van der Waals surface area contributed by atoms with E-state index in [0.29, 0.717) is 16.4 Å². The van der Waals surface area contributed by atoms with E-state index in [0.717, 1.165) is 5.56 Å². The van der Waals surface area contributed by atoms with Crippen LogP contribution in [-0.4, -0.2) is 17.5 Å². The van der Waals surface area contributed by atoms with Crippen LogP contribution in [0.4, 0.5) is 10.1 Å². The lowest BCUT2D eigenvalue weighted by Gasteiger charge is -2.08. The van der Waals surface area contributed by atoms with Gasteiger partial charge in [0.15, 0.2) is 0 Å². The molecule has 3 aromatic carbocycles. The highest BCUT2D eigenvalue weighted by molar-refractivity contribution is 6.35. The minimum absolute atomic E-state index is 0.0401. The maximum Gasteiger partial charge on any atom is 0.272 e. The van der Waals surface area contributed by atoms with Gasteiger partial charge in [0.25, 0.3) is 11.8 Å². The molecule has 3 aromatic rings. The smallest absolute Gasteiger partial charge is 0.272 e. The summed E-state index contributed by atoms with van der Waals surface area (Å²) in [5.41, 5.74) is 4.36. The van der Waals surface area contributed by atoms with Gasteiger partial charge in [-0.3, -0.25) is 9.59 Å². The first kappa shape index (κ1) is 21.5. The first-order chi connectivity index (χ1) is 14.3. The summed E-state index contributed by atoms with van der Waals surface area (Å²) in [6, 6.07) is 17.1. The number of amides is 2. The molecule has 0 heterocycles. The highest BCUT2D eigenvalue weighted by Gasteiger charge is 2.12. The Bertz CT molecular complexity index is 1130. The molecule has 8 heteroatoms. The fourth-order valence-corrected chi connectivity index (χ4v) is 2.94. The zero-order valence-corrected chi connectivity index (χ0v) is 17.3. The Kier molecular flexibility index (Phi) is 6.82. The molecule has 0 aliphatic carbocycles. The summed E-state index contributed by atoms with van der Waals surface area (Å²) in [5.74, 6) is -1.63. The molecule has 0 saturated carbocycles. The van der Waals surface area contributed by atoms with Gasteiger partial charge in [-0.25, -0.2) is 9.82 Å². The summed E-state index contributed by atoms with van der Waals surface area (Å²) >= 11 is 11.9. The van der Waals surface area contributed by atoms with Crippen molar-refractivity contribution in [2.24, 2.45) is 5.10 Å². The van der Waals surface area contributed by atoms with Crippen molar-refractivity contribution in [2.45, 2.75) is 6.92 Å². The molecule has 0 radical (unpaired) electrons. The Balaban J connectivity index is 1.66. The molecule has 0 aliphatic heterocycles. The second kappa shape index (κ2) is 9.52. The van der Waals surface area contributed by atoms with E-state index in [-0.39, 0.29) is 16.1 Å². The monoisotopic (exact) mass is 443 g/mol. The fraction of sp³-hybridized carbons (Fsp3) is 0.0455. The molecule has 2 N–H and O–H groups in total. The molecule has 0 spiro atoms. The van der Waals surface area contributed by atoms with Crippen molar-refractivity contribution < 1.29 is 14.0 Å². The summed E-state index contributed by atoms with van der Waals surface area (Å²) in [6.07, 6.45) is 0. The van der Waals surface area contributed by atoms with Crippen LogP contribution in [0.15, 0.2) is 71.8 Å². The molecule has 30 heavy (non-hydrogen) atoms. The largest absolute Gasteiger partial charge is 0.322 e. The molecule has 2 amide bonds. The van der Waals surface area contributed by atoms with Crippen molar-refractivity contribution in [2.75, 3.05) is 5.32 Å². The minimum Gasteiger partial charge on any atom is -0.322 e. The highest BCUT2D eigenvalue weighted by Crippen LogP contribution is 2.20. The molecule has 0 aromatic heterocycles. The number of nitrogens with one attached hydrogen (secondary N) is 2. The molecule has 3 rings (SSSR count). The van der Waals surface area contributed by atoms with E-state index in [1.54, 1.807) is 43.3 Å². The average molecular weight is 444 g/mol. The van der Waals surface area contributed by atoms with E-state index >= 15 is 0 Å². The van der Waals surface area contributed by atoms with Crippen LogP contribution in [-0.2, 0) is 0 Å². The number of carbonyl (C=O) groups excluding carboxylic acids is 2. The fourth-order valence-electron chi connectivity index (χ4n) is 2.57. The number of hydrogen-bond acceptors (Lipinski definition) is 3. The zero-order valence-electron chi connectivity index (χ0n) is 15.7. The highest BCUT2D eigenvalue weighted by atomic mass is 35.5. The van der Waals surface area contributed by atoms with Gasteiger partial charge in [0, 0.05) is 10.7 Å². The van der Waals surface area contributed by atoms with Gasteiger partial charge in [-0.2, -0.15) is 5.10 Å². The number of hydrogen-bond donors (Lipinski definition) is 2. The number of nitrogens with zero attached hydrogens (tertiary/aromatic N) is 1. The maximum absolute atomic E-state index is 13.7. The van der Waals surface area contributed by atoms with Gasteiger partial charge in [0.1, 0.15) is 5.82 Å². The van der Waals surface area contributed by atoms with E-state index in [9.17, 15) is 14.0 Å². The molecule has 0 aliphatic rings. The first-order valence-corrected chi connectivity index (χ1v) is 9.57. The van der Waals surface area contributed by atoms with Gasteiger partial charge in [-0.1, -0.05) is 47.5 Å². The molecule has 0 unspecified atom stereocenters. The van der Waals surface area contributed by atoms with Crippen molar-refractivity contribution in [1.29, 1.82) is 0 Å². The predicted octanol–water partition coefficient (Wildman–Crippen LogP) is 5.54. The van der Waals surface area contributed by atoms with Crippen LogP contribution in [0.2, 0.25) is 10.0 Å². The molecule has 0 atom stereocenters. The van der Waals surface area contributed by atoms with Crippen LogP contribution in [0.1, 0.15) is 33.2 Å². The lowest BCUT2D eigenvalue weighted by molar-refractivity contribution is 0.0954. The second-order valence-corrected chi connectivity index (χ2v) is 7.12.